The summed E-state index contributed by atoms with van der Waals surface area (Å²) in [6.45, 7) is 2.34. The van der Waals surface area contributed by atoms with Gasteiger partial charge in [0.05, 0.1) is 11.4 Å². The van der Waals surface area contributed by atoms with E-state index in [9.17, 15) is 4.79 Å². The number of amides is 1. The minimum Gasteiger partial charge on any atom is -0.397 e. The highest BCUT2D eigenvalue weighted by Gasteiger charge is 2.24. The van der Waals surface area contributed by atoms with Gasteiger partial charge in [-0.05, 0) is 55.7 Å². The van der Waals surface area contributed by atoms with E-state index in [4.69, 9.17) is 5.73 Å². The molecule has 4 nitrogen and oxygen atoms in total. The molecule has 4 heteroatoms. The summed E-state index contributed by atoms with van der Waals surface area (Å²) in [5, 5.41) is 2.91. The van der Waals surface area contributed by atoms with E-state index in [1.165, 1.54) is 31.2 Å². The molecule has 0 bridgehead atoms. The Kier molecular flexibility index (Phi) is 3.79. The van der Waals surface area contributed by atoms with Crippen molar-refractivity contribution < 1.29 is 4.79 Å². The fourth-order valence-electron chi connectivity index (χ4n) is 3.56. The molecule has 0 unspecified atom stereocenters. The lowest BCUT2D eigenvalue weighted by Crippen LogP contribution is -2.35. The van der Waals surface area contributed by atoms with Crippen LogP contribution < -0.4 is 16.0 Å². The van der Waals surface area contributed by atoms with Crippen molar-refractivity contribution in [3.63, 3.8) is 0 Å². The highest BCUT2D eigenvalue weighted by molar-refractivity contribution is 5.95. The predicted octanol–water partition coefficient (Wildman–Crippen LogP) is 3.17. The number of rotatable bonds is 2. The summed E-state index contributed by atoms with van der Waals surface area (Å²) in [6, 6.07) is 4.67. The van der Waals surface area contributed by atoms with Crippen molar-refractivity contribution in [1.29, 1.82) is 0 Å². The summed E-state index contributed by atoms with van der Waals surface area (Å²) in [5.74, 6) is 0.940. The van der Waals surface area contributed by atoms with Crippen LogP contribution in [0.3, 0.4) is 0 Å². The second kappa shape index (κ2) is 5.58. The lowest BCUT2D eigenvalue weighted by Gasteiger charge is -2.36. The van der Waals surface area contributed by atoms with E-state index < -0.39 is 0 Å². The van der Waals surface area contributed by atoms with Crippen molar-refractivity contribution in [2.24, 2.45) is 5.92 Å². The zero-order valence-electron chi connectivity index (χ0n) is 13.0. The van der Waals surface area contributed by atoms with Crippen molar-refractivity contribution in [3.8, 4) is 0 Å². The molecule has 3 rings (SSSR count). The van der Waals surface area contributed by atoms with Crippen LogP contribution in [0.4, 0.5) is 17.1 Å². The summed E-state index contributed by atoms with van der Waals surface area (Å²) in [4.78, 5) is 13.8. The number of hydrogen-bond donors (Lipinski definition) is 2. The van der Waals surface area contributed by atoms with Gasteiger partial charge in [-0.3, -0.25) is 4.79 Å². The SMILES string of the molecule is CC1CCC(N(C)c2cc3c(cc2N)NC(=O)CC3)CC1. The quantitative estimate of drug-likeness (QED) is 0.821. The lowest BCUT2D eigenvalue weighted by atomic mass is 9.86. The number of aryl methyl sites for hydroxylation is 1. The van der Waals surface area contributed by atoms with Crippen LogP contribution in [0.15, 0.2) is 12.1 Å². The Labute approximate surface area is 126 Å². The number of nitrogen functional groups attached to an aromatic ring is 1. The van der Waals surface area contributed by atoms with E-state index >= 15 is 0 Å². The van der Waals surface area contributed by atoms with Gasteiger partial charge in [0.25, 0.3) is 0 Å². The van der Waals surface area contributed by atoms with Gasteiger partial charge in [-0.1, -0.05) is 6.92 Å². The fourth-order valence-corrected chi connectivity index (χ4v) is 3.56. The number of carbonyl (C=O) groups is 1. The normalized spacial score (nSPS) is 25.1. The lowest BCUT2D eigenvalue weighted by molar-refractivity contribution is -0.116. The van der Waals surface area contributed by atoms with E-state index in [1.54, 1.807) is 0 Å². The molecule has 0 atom stereocenters. The number of hydrogen-bond acceptors (Lipinski definition) is 3. The Hall–Kier alpha value is -1.71. The minimum absolute atomic E-state index is 0.0873. The predicted molar refractivity (Wildman–Crippen MR) is 87.6 cm³/mol. The van der Waals surface area contributed by atoms with Crippen molar-refractivity contribution in [2.75, 3.05) is 23.0 Å². The number of fused-ring (bicyclic) bond motifs is 1. The molecular formula is C17H25N3O. The molecule has 3 N–H and O–H groups in total. The summed E-state index contributed by atoms with van der Waals surface area (Å²) >= 11 is 0. The van der Waals surface area contributed by atoms with Crippen molar-refractivity contribution >= 4 is 23.0 Å². The Morgan fingerprint density at radius 1 is 1.19 bits per heavy atom. The number of benzene rings is 1. The van der Waals surface area contributed by atoms with Crippen LogP contribution in [0.2, 0.25) is 0 Å². The zero-order valence-corrected chi connectivity index (χ0v) is 13.0. The maximum Gasteiger partial charge on any atom is 0.224 e. The third-order valence-corrected chi connectivity index (χ3v) is 5.06. The van der Waals surface area contributed by atoms with E-state index in [2.05, 4.69) is 30.3 Å². The molecule has 1 fully saturated rings. The molecular weight excluding hydrogens is 262 g/mol. The van der Waals surface area contributed by atoms with Gasteiger partial charge in [0.1, 0.15) is 0 Å². The first kappa shape index (κ1) is 14.2. The van der Waals surface area contributed by atoms with Crippen LogP contribution in [0.25, 0.3) is 0 Å². The molecule has 114 valence electrons. The van der Waals surface area contributed by atoms with Crippen LogP contribution in [0, 0.1) is 5.92 Å². The minimum atomic E-state index is 0.0873. The molecule has 2 aliphatic rings. The van der Waals surface area contributed by atoms with Crippen LogP contribution in [-0.2, 0) is 11.2 Å². The standard InChI is InChI=1S/C17H25N3O/c1-11-3-6-13(7-4-11)20(2)16-9-12-5-8-17(21)19-15(12)10-14(16)18/h9-11,13H,3-8,18H2,1-2H3,(H,19,21). The zero-order chi connectivity index (χ0) is 15.0. The van der Waals surface area contributed by atoms with Gasteiger partial charge in [-0.25, -0.2) is 0 Å². The van der Waals surface area contributed by atoms with E-state index in [0.717, 1.165) is 29.4 Å². The van der Waals surface area contributed by atoms with E-state index in [1.807, 2.05) is 6.07 Å². The second-order valence-corrected chi connectivity index (χ2v) is 6.64. The highest BCUT2D eigenvalue weighted by atomic mass is 16.1. The first-order chi connectivity index (χ1) is 10.0. The topological polar surface area (TPSA) is 58.4 Å². The van der Waals surface area contributed by atoms with Gasteiger partial charge < -0.3 is 16.0 Å². The number of carbonyl (C=O) groups excluding carboxylic acids is 1. The van der Waals surface area contributed by atoms with Gasteiger partial charge in [-0.2, -0.15) is 0 Å². The molecule has 1 saturated carbocycles. The molecule has 1 heterocycles. The van der Waals surface area contributed by atoms with Gasteiger partial charge in [0, 0.05) is 25.2 Å². The number of nitrogens with one attached hydrogen (secondary N) is 1. The van der Waals surface area contributed by atoms with Gasteiger partial charge in [0.15, 0.2) is 0 Å². The third-order valence-electron chi connectivity index (χ3n) is 5.06. The maximum atomic E-state index is 11.5. The molecule has 1 aromatic rings. The molecule has 0 aromatic heterocycles. The van der Waals surface area contributed by atoms with E-state index in [-0.39, 0.29) is 5.91 Å². The van der Waals surface area contributed by atoms with Crippen molar-refractivity contribution in [1.82, 2.24) is 0 Å². The smallest absolute Gasteiger partial charge is 0.224 e. The summed E-state index contributed by atoms with van der Waals surface area (Å²) in [5.41, 5.74) is 10.2. The number of anilines is 3. The van der Waals surface area contributed by atoms with Crippen LogP contribution in [-0.4, -0.2) is 19.0 Å². The average Bonchev–Trinajstić information content (AvgIpc) is 2.46. The molecule has 21 heavy (non-hydrogen) atoms. The average molecular weight is 287 g/mol. The van der Waals surface area contributed by atoms with Crippen molar-refractivity contribution in [3.05, 3.63) is 17.7 Å². The number of nitrogens with zero attached hydrogens (tertiary/aromatic N) is 1. The van der Waals surface area contributed by atoms with E-state index in [0.29, 0.717) is 12.5 Å². The Morgan fingerprint density at radius 2 is 1.90 bits per heavy atom. The van der Waals surface area contributed by atoms with Crippen molar-refractivity contribution in [2.45, 2.75) is 51.5 Å². The van der Waals surface area contributed by atoms with Gasteiger partial charge in [-0.15, -0.1) is 0 Å². The Balaban J connectivity index is 1.83. The summed E-state index contributed by atoms with van der Waals surface area (Å²) in [6.07, 6.45) is 6.46. The molecule has 1 aliphatic heterocycles. The third kappa shape index (κ3) is 2.85. The van der Waals surface area contributed by atoms with Crippen LogP contribution in [0.5, 0.6) is 0 Å². The summed E-state index contributed by atoms with van der Waals surface area (Å²) in [7, 11) is 2.15. The molecule has 0 radical (unpaired) electrons. The molecule has 0 spiro atoms. The molecule has 1 amide bonds. The molecule has 0 saturated heterocycles. The molecule has 1 aromatic carbocycles. The Morgan fingerprint density at radius 3 is 2.62 bits per heavy atom. The second-order valence-electron chi connectivity index (χ2n) is 6.64. The largest absolute Gasteiger partial charge is 0.397 e. The fraction of sp³-hybridized carbons (Fsp3) is 0.588. The van der Waals surface area contributed by atoms with Gasteiger partial charge >= 0.3 is 0 Å². The summed E-state index contributed by atoms with van der Waals surface area (Å²) < 4.78 is 0. The Bertz CT molecular complexity index is 547. The van der Waals surface area contributed by atoms with Crippen LogP contribution >= 0.6 is 0 Å². The maximum absolute atomic E-state index is 11.5. The highest BCUT2D eigenvalue weighted by Crippen LogP contribution is 2.36. The first-order valence-electron chi connectivity index (χ1n) is 7.99. The van der Waals surface area contributed by atoms with Crippen LogP contribution in [0.1, 0.15) is 44.6 Å². The first-order valence-corrected chi connectivity index (χ1v) is 7.99. The monoisotopic (exact) mass is 287 g/mol. The number of nitrogens with two attached hydrogens (primary N) is 1. The van der Waals surface area contributed by atoms with Gasteiger partial charge in [0.2, 0.25) is 5.91 Å². The molecule has 1 aliphatic carbocycles.